The van der Waals surface area contributed by atoms with Gasteiger partial charge in [0.15, 0.2) is 5.13 Å². The topological polar surface area (TPSA) is 61.0 Å². The highest BCUT2D eigenvalue weighted by atomic mass is 32.1. The second-order valence-corrected chi connectivity index (χ2v) is 8.03. The number of piperidine rings is 1. The molecular weight excluding hydrogens is 356 g/mol. The van der Waals surface area contributed by atoms with Crippen LogP contribution >= 0.6 is 11.3 Å². The largest absolute Gasteiger partial charge is 0.361 e. The lowest BCUT2D eigenvalue weighted by Crippen LogP contribution is -2.32. The van der Waals surface area contributed by atoms with Crippen molar-refractivity contribution in [1.82, 2.24) is 14.9 Å². The fourth-order valence-corrected chi connectivity index (χ4v) is 4.26. The van der Waals surface area contributed by atoms with Gasteiger partial charge in [-0.1, -0.05) is 11.8 Å². The van der Waals surface area contributed by atoms with Gasteiger partial charge in [-0.2, -0.15) is 0 Å². The minimum atomic E-state index is -0.0778. The molecule has 6 heteroatoms. The summed E-state index contributed by atoms with van der Waals surface area (Å²) >= 11 is 1.55. The highest BCUT2D eigenvalue weighted by Crippen LogP contribution is 2.23. The fourth-order valence-electron chi connectivity index (χ4n) is 3.36. The van der Waals surface area contributed by atoms with E-state index in [0.717, 1.165) is 43.6 Å². The standard InChI is InChI=1S/C21H22N4OS/c1-15(26)24-21-23-13-19(27-21)14-25-10-7-16(8-11-25)2-3-17-4-5-20-18(12-17)6-9-22-20/h4-6,9,12-13,16,22H,7-8,10-11,14H2,1H3,(H,23,24,26). The smallest absolute Gasteiger partial charge is 0.223 e. The number of amides is 1. The summed E-state index contributed by atoms with van der Waals surface area (Å²) in [6, 6.07) is 8.39. The Balaban J connectivity index is 1.30. The van der Waals surface area contributed by atoms with Gasteiger partial charge in [0.25, 0.3) is 0 Å². The molecule has 1 aliphatic rings. The van der Waals surface area contributed by atoms with E-state index < -0.39 is 0 Å². The number of rotatable bonds is 3. The normalized spacial score (nSPS) is 15.4. The number of aromatic amines is 1. The summed E-state index contributed by atoms with van der Waals surface area (Å²) in [7, 11) is 0. The molecule has 0 unspecified atom stereocenters. The number of fused-ring (bicyclic) bond motifs is 1. The Bertz CT molecular complexity index is 1000. The molecule has 3 aromatic rings. The van der Waals surface area contributed by atoms with E-state index in [1.54, 1.807) is 11.3 Å². The summed E-state index contributed by atoms with van der Waals surface area (Å²) in [6.07, 6.45) is 6.01. The van der Waals surface area contributed by atoms with Crippen LogP contribution in [0.5, 0.6) is 0 Å². The lowest BCUT2D eigenvalue weighted by atomic mass is 9.97. The highest BCUT2D eigenvalue weighted by molar-refractivity contribution is 7.15. The van der Waals surface area contributed by atoms with Gasteiger partial charge in [0, 0.05) is 53.1 Å². The molecule has 3 heterocycles. The first-order valence-corrected chi connectivity index (χ1v) is 10.0. The van der Waals surface area contributed by atoms with Crippen LogP contribution in [0.3, 0.4) is 0 Å². The minimum Gasteiger partial charge on any atom is -0.361 e. The number of aromatic nitrogens is 2. The number of anilines is 1. The van der Waals surface area contributed by atoms with Crippen LogP contribution in [-0.2, 0) is 11.3 Å². The third kappa shape index (κ3) is 4.57. The molecule has 0 spiro atoms. The molecule has 1 aromatic carbocycles. The summed E-state index contributed by atoms with van der Waals surface area (Å²) in [5.41, 5.74) is 2.23. The fraction of sp³-hybridized carbons (Fsp3) is 0.333. The third-order valence-corrected chi connectivity index (χ3v) is 5.67. The van der Waals surface area contributed by atoms with Gasteiger partial charge in [-0.3, -0.25) is 9.69 Å². The molecule has 1 fully saturated rings. The number of hydrogen-bond acceptors (Lipinski definition) is 4. The van der Waals surface area contributed by atoms with Crippen LogP contribution in [0.4, 0.5) is 5.13 Å². The van der Waals surface area contributed by atoms with Crippen molar-refractivity contribution in [1.29, 1.82) is 0 Å². The SMILES string of the molecule is CC(=O)Nc1ncc(CN2CCC(C#Cc3ccc4[nH]ccc4c3)CC2)s1. The Morgan fingerprint density at radius 1 is 1.37 bits per heavy atom. The van der Waals surface area contributed by atoms with Crippen molar-refractivity contribution in [2.45, 2.75) is 26.3 Å². The van der Waals surface area contributed by atoms with E-state index in [-0.39, 0.29) is 5.91 Å². The van der Waals surface area contributed by atoms with Gasteiger partial charge in [0.05, 0.1) is 0 Å². The average molecular weight is 379 g/mol. The summed E-state index contributed by atoms with van der Waals surface area (Å²) in [5, 5.41) is 4.63. The third-order valence-electron chi connectivity index (χ3n) is 4.78. The molecule has 0 radical (unpaired) electrons. The Kier molecular flexibility index (Phi) is 5.23. The van der Waals surface area contributed by atoms with Gasteiger partial charge in [-0.15, -0.1) is 11.3 Å². The van der Waals surface area contributed by atoms with Crippen molar-refractivity contribution in [3.05, 3.63) is 47.1 Å². The Morgan fingerprint density at radius 3 is 3.04 bits per heavy atom. The predicted molar refractivity (Wildman–Crippen MR) is 110 cm³/mol. The molecule has 5 nitrogen and oxygen atoms in total. The van der Waals surface area contributed by atoms with Gasteiger partial charge in [0.2, 0.25) is 5.91 Å². The molecule has 1 aliphatic heterocycles. The molecule has 138 valence electrons. The lowest BCUT2D eigenvalue weighted by Gasteiger charge is -2.29. The van der Waals surface area contributed by atoms with Crippen LogP contribution in [0, 0.1) is 17.8 Å². The molecule has 27 heavy (non-hydrogen) atoms. The zero-order valence-corrected chi connectivity index (χ0v) is 16.1. The monoisotopic (exact) mass is 378 g/mol. The maximum absolute atomic E-state index is 11.1. The van der Waals surface area contributed by atoms with Crippen LogP contribution in [0.2, 0.25) is 0 Å². The lowest BCUT2D eigenvalue weighted by molar-refractivity contribution is -0.114. The van der Waals surface area contributed by atoms with Crippen molar-refractivity contribution in [2.75, 3.05) is 18.4 Å². The van der Waals surface area contributed by atoms with Crippen LogP contribution in [0.15, 0.2) is 36.7 Å². The molecule has 0 saturated carbocycles. The average Bonchev–Trinajstić information content (AvgIpc) is 3.29. The van der Waals surface area contributed by atoms with Gasteiger partial charge >= 0.3 is 0 Å². The zero-order chi connectivity index (χ0) is 18.6. The van der Waals surface area contributed by atoms with Crippen molar-refractivity contribution < 1.29 is 4.79 Å². The van der Waals surface area contributed by atoms with Gasteiger partial charge in [-0.05, 0) is 50.2 Å². The van der Waals surface area contributed by atoms with Crippen LogP contribution in [0.25, 0.3) is 10.9 Å². The molecular formula is C21H22N4OS. The first-order valence-electron chi connectivity index (χ1n) is 9.19. The number of carbonyl (C=O) groups excluding carboxylic acids is 1. The van der Waals surface area contributed by atoms with E-state index in [1.165, 1.54) is 17.2 Å². The van der Waals surface area contributed by atoms with Crippen molar-refractivity contribution in [3.63, 3.8) is 0 Å². The quantitative estimate of drug-likeness (QED) is 0.681. The summed E-state index contributed by atoms with van der Waals surface area (Å²) < 4.78 is 0. The summed E-state index contributed by atoms with van der Waals surface area (Å²) in [4.78, 5) is 22.2. The van der Waals surface area contributed by atoms with Crippen molar-refractivity contribution in [2.24, 2.45) is 5.92 Å². The maximum atomic E-state index is 11.1. The first-order chi connectivity index (χ1) is 13.2. The number of hydrogen-bond donors (Lipinski definition) is 2. The number of nitrogens with one attached hydrogen (secondary N) is 2. The van der Waals surface area contributed by atoms with Gasteiger partial charge < -0.3 is 10.3 Å². The minimum absolute atomic E-state index is 0.0778. The highest BCUT2D eigenvalue weighted by Gasteiger charge is 2.18. The van der Waals surface area contributed by atoms with Crippen LogP contribution in [0.1, 0.15) is 30.2 Å². The van der Waals surface area contributed by atoms with E-state index in [9.17, 15) is 4.79 Å². The first kappa shape index (κ1) is 17.8. The van der Waals surface area contributed by atoms with E-state index >= 15 is 0 Å². The van der Waals surface area contributed by atoms with Gasteiger partial charge in [0.1, 0.15) is 0 Å². The molecule has 0 aliphatic carbocycles. The molecule has 1 saturated heterocycles. The van der Waals surface area contributed by atoms with Crippen molar-refractivity contribution >= 4 is 33.3 Å². The second kappa shape index (κ2) is 7.95. The molecule has 1 amide bonds. The molecule has 0 bridgehead atoms. The Morgan fingerprint density at radius 2 is 2.22 bits per heavy atom. The molecule has 4 rings (SSSR count). The summed E-state index contributed by atoms with van der Waals surface area (Å²) in [6.45, 7) is 4.48. The van der Waals surface area contributed by atoms with E-state index in [2.05, 4.69) is 56.3 Å². The Hall–Kier alpha value is -2.62. The van der Waals surface area contributed by atoms with E-state index in [1.807, 2.05) is 12.4 Å². The van der Waals surface area contributed by atoms with E-state index in [4.69, 9.17) is 0 Å². The molecule has 0 atom stereocenters. The maximum Gasteiger partial charge on any atom is 0.223 e. The Labute approximate surface area is 162 Å². The molecule has 2 aromatic heterocycles. The van der Waals surface area contributed by atoms with Crippen LogP contribution in [-0.4, -0.2) is 33.9 Å². The van der Waals surface area contributed by atoms with Crippen molar-refractivity contribution in [3.8, 4) is 11.8 Å². The zero-order valence-electron chi connectivity index (χ0n) is 15.3. The van der Waals surface area contributed by atoms with Crippen LogP contribution < -0.4 is 5.32 Å². The summed E-state index contributed by atoms with van der Waals surface area (Å²) in [5.74, 6) is 7.19. The van der Waals surface area contributed by atoms with E-state index in [0.29, 0.717) is 11.0 Å². The number of benzene rings is 1. The number of H-pyrrole nitrogens is 1. The predicted octanol–water partition coefficient (Wildman–Crippen LogP) is 3.85. The molecule has 2 N–H and O–H groups in total. The number of carbonyl (C=O) groups is 1. The number of thiazole rings is 1. The number of likely N-dealkylation sites (tertiary alicyclic amines) is 1. The van der Waals surface area contributed by atoms with Gasteiger partial charge in [-0.25, -0.2) is 4.98 Å². The number of nitrogens with zero attached hydrogens (tertiary/aromatic N) is 2. The second-order valence-electron chi connectivity index (χ2n) is 6.91.